The fourth-order valence-corrected chi connectivity index (χ4v) is 3.30. The molecule has 1 N–H and O–H groups in total. The zero-order chi connectivity index (χ0) is 14.6. The summed E-state index contributed by atoms with van der Waals surface area (Å²) >= 11 is 0. The van der Waals surface area contributed by atoms with Crippen LogP contribution in [0, 0.1) is 5.92 Å². The summed E-state index contributed by atoms with van der Waals surface area (Å²) in [6, 6.07) is 0.403. The monoisotopic (exact) mass is 318 g/mol. The summed E-state index contributed by atoms with van der Waals surface area (Å²) in [6.45, 7) is 8.99. The lowest BCUT2D eigenvalue weighted by molar-refractivity contribution is 0.0215. The molecule has 0 spiro atoms. The highest BCUT2D eigenvalue weighted by molar-refractivity contribution is 5.85. The minimum atomic E-state index is -0.390. The number of piperidine rings is 1. The Balaban J connectivity index is 0.00000220. The van der Waals surface area contributed by atoms with Gasteiger partial charge in [-0.25, -0.2) is 4.79 Å². The Labute approximate surface area is 135 Å². The van der Waals surface area contributed by atoms with E-state index in [1.165, 1.54) is 19.3 Å². The van der Waals surface area contributed by atoms with E-state index in [0.717, 1.165) is 44.8 Å². The summed E-state index contributed by atoms with van der Waals surface area (Å²) < 4.78 is 5.52. The number of hydrogen-bond donors (Lipinski definition) is 1. The van der Waals surface area contributed by atoms with E-state index < -0.39 is 0 Å². The van der Waals surface area contributed by atoms with Crippen LogP contribution in [0.25, 0.3) is 0 Å². The first-order chi connectivity index (χ1) is 9.46. The number of nitrogens with zero attached hydrogens (tertiary/aromatic N) is 1. The third kappa shape index (κ3) is 6.03. The van der Waals surface area contributed by atoms with Crippen LogP contribution in [0.3, 0.4) is 0 Å². The molecule has 2 aliphatic rings. The molecule has 2 aliphatic heterocycles. The normalized spacial score (nSPS) is 23.8. The summed E-state index contributed by atoms with van der Waals surface area (Å²) in [7, 11) is 0. The molecule has 4 nitrogen and oxygen atoms in total. The standard InChI is InChI=1S/C16H30N2O2.ClH/c1-16(2,3)20-15(19)18-12-4-5-14(18)7-6-13-8-10-17-11-9-13;/h13-14,17H,4-12H2,1-3H3;1H/t14-;/m0./s1. The lowest BCUT2D eigenvalue weighted by atomic mass is 9.91. The first-order valence-electron chi connectivity index (χ1n) is 8.16. The van der Waals surface area contributed by atoms with Crippen molar-refractivity contribution in [1.82, 2.24) is 10.2 Å². The van der Waals surface area contributed by atoms with Gasteiger partial charge in [0.1, 0.15) is 5.60 Å². The highest BCUT2D eigenvalue weighted by Crippen LogP contribution is 2.27. The summed E-state index contributed by atoms with van der Waals surface area (Å²) in [5, 5.41) is 3.41. The molecular weight excluding hydrogens is 288 g/mol. The largest absolute Gasteiger partial charge is 0.444 e. The molecule has 1 atom stereocenters. The van der Waals surface area contributed by atoms with Crippen molar-refractivity contribution in [1.29, 1.82) is 0 Å². The van der Waals surface area contributed by atoms with Gasteiger partial charge in [-0.15, -0.1) is 12.4 Å². The maximum atomic E-state index is 12.2. The maximum absolute atomic E-state index is 12.2. The van der Waals surface area contributed by atoms with Gasteiger partial charge in [0.25, 0.3) is 0 Å². The number of carbonyl (C=O) groups excluding carboxylic acids is 1. The number of amides is 1. The van der Waals surface area contributed by atoms with Crippen LogP contribution in [0.1, 0.15) is 59.3 Å². The van der Waals surface area contributed by atoms with Crippen LogP contribution < -0.4 is 5.32 Å². The lowest BCUT2D eigenvalue weighted by Gasteiger charge is -2.30. The van der Waals surface area contributed by atoms with Gasteiger partial charge >= 0.3 is 6.09 Å². The number of halogens is 1. The van der Waals surface area contributed by atoms with Crippen LogP contribution >= 0.6 is 12.4 Å². The van der Waals surface area contributed by atoms with Crippen molar-refractivity contribution in [3.8, 4) is 0 Å². The van der Waals surface area contributed by atoms with Crippen molar-refractivity contribution in [2.45, 2.75) is 70.9 Å². The number of likely N-dealkylation sites (tertiary alicyclic amines) is 1. The van der Waals surface area contributed by atoms with Crippen molar-refractivity contribution in [2.75, 3.05) is 19.6 Å². The van der Waals surface area contributed by atoms with Crippen LogP contribution in [0.4, 0.5) is 4.79 Å². The molecule has 0 radical (unpaired) electrons. The van der Waals surface area contributed by atoms with Gasteiger partial charge in [-0.1, -0.05) is 0 Å². The molecule has 0 bridgehead atoms. The Kier molecular flexibility index (Phi) is 7.28. The maximum Gasteiger partial charge on any atom is 0.410 e. The second-order valence-corrected chi connectivity index (χ2v) is 7.24. The van der Waals surface area contributed by atoms with E-state index in [9.17, 15) is 4.79 Å². The third-order valence-electron chi connectivity index (χ3n) is 4.37. The van der Waals surface area contributed by atoms with Gasteiger partial charge in [-0.2, -0.15) is 0 Å². The number of nitrogens with one attached hydrogen (secondary N) is 1. The highest BCUT2D eigenvalue weighted by atomic mass is 35.5. The third-order valence-corrected chi connectivity index (χ3v) is 4.37. The van der Waals surface area contributed by atoms with E-state index in [1.54, 1.807) is 0 Å². The van der Waals surface area contributed by atoms with Gasteiger partial charge in [0.15, 0.2) is 0 Å². The van der Waals surface area contributed by atoms with Crippen molar-refractivity contribution in [3.63, 3.8) is 0 Å². The number of ether oxygens (including phenoxy) is 1. The van der Waals surface area contributed by atoms with Gasteiger partial charge in [0, 0.05) is 12.6 Å². The van der Waals surface area contributed by atoms with Crippen molar-refractivity contribution >= 4 is 18.5 Å². The van der Waals surface area contributed by atoms with E-state index in [4.69, 9.17) is 4.74 Å². The Morgan fingerprint density at radius 1 is 1.19 bits per heavy atom. The fraction of sp³-hybridized carbons (Fsp3) is 0.938. The average molecular weight is 319 g/mol. The van der Waals surface area contributed by atoms with Gasteiger partial charge in [0.2, 0.25) is 0 Å². The first-order valence-corrected chi connectivity index (χ1v) is 8.16. The Morgan fingerprint density at radius 2 is 1.86 bits per heavy atom. The number of hydrogen-bond acceptors (Lipinski definition) is 3. The van der Waals surface area contributed by atoms with Gasteiger partial charge in [-0.05, 0) is 78.3 Å². The van der Waals surface area contributed by atoms with Crippen LogP contribution in [-0.4, -0.2) is 42.3 Å². The zero-order valence-electron chi connectivity index (χ0n) is 13.7. The fourth-order valence-electron chi connectivity index (χ4n) is 3.30. The van der Waals surface area contributed by atoms with Gasteiger partial charge in [-0.3, -0.25) is 0 Å². The molecule has 0 saturated carbocycles. The van der Waals surface area contributed by atoms with Gasteiger partial charge < -0.3 is 15.0 Å². The molecule has 124 valence electrons. The van der Waals surface area contributed by atoms with Crippen molar-refractivity contribution in [2.24, 2.45) is 5.92 Å². The summed E-state index contributed by atoms with van der Waals surface area (Å²) in [5.74, 6) is 0.845. The van der Waals surface area contributed by atoms with Gasteiger partial charge in [0.05, 0.1) is 0 Å². The Morgan fingerprint density at radius 3 is 2.48 bits per heavy atom. The molecule has 0 aromatic heterocycles. The number of carbonyl (C=O) groups is 1. The molecule has 0 aromatic rings. The quantitative estimate of drug-likeness (QED) is 0.864. The van der Waals surface area contributed by atoms with Crippen LogP contribution in [-0.2, 0) is 4.74 Å². The Bertz CT molecular complexity index is 325. The lowest BCUT2D eigenvalue weighted by Crippen LogP contribution is -2.40. The van der Waals surface area contributed by atoms with Crippen LogP contribution in [0.2, 0.25) is 0 Å². The van der Waals surface area contributed by atoms with Crippen LogP contribution in [0.5, 0.6) is 0 Å². The SMILES string of the molecule is CC(C)(C)OC(=O)N1CCC[C@H]1CCC1CCNCC1.Cl. The molecule has 2 rings (SSSR count). The van der Waals surface area contributed by atoms with E-state index in [2.05, 4.69) is 5.32 Å². The minimum absolute atomic E-state index is 0. The van der Waals surface area contributed by atoms with E-state index in [0.29, 0.717) is 6.04 Å². The molecule has 0 unspecified atom stereocenters. The van der Waals surface area contributed by atoms with Crippen LogP contribution in [0.15, 0.2) is 0 Å². The first kappa shape index (κ1) is 18.6. The minimum Gasteiger partial charge on any atom is -0.444 e. The number of rotatable bonds is 3. The van der Waals surface area contributed by atoms with E-state index >= 15 is 0 Å². The molecule has 21 heavy (non-hydrogen) atoms. The smallest absolute Gasteiger partial charge is 0.410 e. The molecule has 5 heteroatoms. The molecule has 2 saturated heterocycles. The highest BCUT2D eigenvalue weighted by Gasteiger charge is 2.32. The van der Waals surface area contributed by atoms with Crippen molar-refractivity contribution < 1.29 is 9.53 Å². The molecule has 2 fully saturated rings. The molecular formula is C16H31ClN2O2. The van der Waals surface area contributed by atoms with Crippen molar-refractivity contribution in [3.05, 3.63) is 0 Å². The summed E-state index contributed by atoms with van der Waals surface area (Å²) in [4.78, 5) is 14.2. The molecule has 0 aliphatic carbocycles. The average Bonchev–Trinajstić information content (AvgIpc) is 2.84. The molecule has 1 amide bonds. The topological polar surface area (TPSA) is 41.6 Å². The predicted molar refractivity (Wildman–Crippen MR) is 88.0 cm³/mol. The molecule has 0 aromatic carbocycles. The zero-order valence-corrected chi connectivity index (χ0v) is 14.5. The summed E-state index contributed by atoms with van der Waals surface area (Å²) in [6.07, 6.45) is 7.12. The second kappa shape index (κ2) is 8.23. The Hall–Kier alpha value is -0.480. The summed E-state index contributed by atoms with van der Waals surface area (Å²) in [5.41, 5.74) is -0.390. The van der Waals surface area contributed by atoms with E-state index in [-0.39, 0.29) is 24.1 Å². The molecule has 2 heterocycles. The predicted octanol–water partition coefficient (Wildman–Crippen LogP) is 3.59. The second-order valence-electron chi connectivity index (χ2n) is 7.24. The van der Waals surface area contributed by atoms with E-state index in [1.807, 2.05) is 25.7 Å².